The van der Waals surface area contributed by atoms with Gasteiger partial charge in [0.15, 0.2) is 5.78 Å². The van der Waals surface area contributed by atoms with E-state index in [0.29, 0.717) is 11.9 Å². The van der Waals surface area contributed by atoms with Crippen molar-refractivity contribution >= 4 is 5.78 Å². The minimum atomic E-state index is 0.231. The summed E-state index contributed by atoms with van der Waals surface area (Å²) in [7, 11) is 0. The number of Topliss-reactive ketones (excluding diaryl/α,β-unsaturated/α-hetero) is 1. The van der Waals surface area contributed by atoms with Gasteiger partial charge in [-0.1, -0.05) is 25.5 Å². The van der Waals surface area contributed by atoms with E-state index in [9.17, 15) is 4.79 Å². The molecule has 108 valence electrons. The number of rotatable bonds is 5. The van der Waals surface area contributed by atoms with Crippen LogP contribution in [0.1, 0.15) is 62.2 Å². The van der Waals surface area contributed by atoms with E-state index in [0.717, 1.165) is 42.9 Å². The molecule has 0 aliphatic heterocycles. The van der Waals surface area contributed by atoms with Gasteiger partial charge in [-0.25, -0.2) is 0 Å². The smallest absolute Gasteiger partial charge is 0.166 e. The molecule has 2 heteroatoms. The summed E-state index contributed by atoms with van der Waals surface area (Å²) in [6.45, 7) is 2.26. The van der Waals surface area contributed by atoms with E-state index in [1.165, 1.54) is 19.3 Å². The largest absolute Gasteiger partial charge is 0.490 e. The molecule has 0 amide bonds. The molecule has 2 nitrogen and oxygen atoms in total. The van der Waals surface area contributed by atoms with E-state index in [4.69, 9.17) is 4.74 Å². The lowest BCUT2D eigenvalue weighted by atomic mass is 9.78. The average molecular weight is 272 g/mol. The summed E-state index contributed by atoms with van der Waals surface area (Å²) < 4.78 is 5.79. The van der Waals surface area contributed by atoms with Gasteiger partial charge in [-0.2, -0.15) is 0 Å². The van der Waals surface area contributed by atoms with Gasteiger partial charge in [-0.15, -0.1) is 0 Å². The molecular formula is C18H24O2. The fraction of sp³-hybridized carbons (Fsp3) is 0.611. The Labute approximate surface area is 121 Å². The molecule has 0 unspecified atom stereocenters. The van der Waals surface area contributed by atoms with Gasteiger partial charge in [-0.3, -0.25) is 4.79 Å². The Morgan fingerprint density at radius 1 is 1.15 bits per heavy atom. The van der Waals surface area contributed by atoms with Gasteiger partial charge in [0.05, 0.1) is 6.10 Å². The van der Waals surface area contributed by atoms with E-state index in [-0.39, 0.29) is 5.92 Å². The van der Waals surface area contributed by atoms with Gasteiger partial charge in [-0.05, 0) is 56.6 Å². The van der Waals surface area contributed by atoms with Crippen LogP contribution in [0.15, 0.2) is 24.3 Å². The van der Waals surface area contributed by atoms with Crippen molar-refractivity contribution in [1.82, 2.24) is 0 Å². The first kappa shape index (κ1) is 13.7. The number of hydrogen-bond donors (Lipinski definition) is 0. The summed E-state index contributed by atoms with van der Waals surface area (Å²) in [5.41, 5.74) is 0.836. The summed E-state index contributed by atoms with van der Waals surface area (Å²) in [6, 6.07) is 7.78. The Balaban J connectivity index is 1.64. The Morgan fingerprint density at radius 3 is 2.55 bits per heavy atom. The third-order valence-electron chi connectivity index (χ3n) is 4.74. The Bertz CT molecular complexity index is 468. The third-order valence-corrected chi connectivity index (χ3v) is 4.74. The zero-order chi connectivity index (χ0) is 13.9. The van der Waals surface area contributed by atoms with E-state index >= 15 is 0 Å². The van der Waals surface area contributed by atoms with Crippen LogP contribution in [0, 0.1) is 11.8 Å². The SMILES string of the molecule is CCC1CCC(C(=O)c2cccc(OC3CC3)c2)CC1. The van der Waals surface area contributed by atoms with Crippen molar-refractivity contribution in [3.63, 3.8) is 0 Å². The van der Waals surface area contributed by atoms with Crippen molar-refractivity contribution in [2.75, 3.05) is 0 Å². The maximum atomic E-state index is 12.6. The van der Waals surface area contributed by atoms with E-state index < -0.39 is 0 Å². The predicted octanol–water partition coefficient (Wildman–Crippen LogP) is 4.63. The Morgan fingerprint density at radius 2 is 1.90 bits per heavy atom. The Kier molecular flexibility index (Phi) is 4.09. The summed E-state index contributed by atoms with van der Waals surface area (Å²) in [6.07, 6.45) is 8.50. The van der Waals surface area contributed by atoms with Crippen molar-refractivity contribution in [1.29, 1.82) is 0 Å². The molecule has 0 N–H and O–H groups in total. The summed E-state index contributed by atoms with van der Waals surface area (Å²) >= 11 is 0. The fourth-order valence-corrected chi connectivity index (χ4v) is 3.17. The second kappa shape index (κ2) is 5.99. The van der Waals surface area contributed by atoms with Gasteiger partial charge in [0.1, 0.15) is 5.75 Å². The van der Waals surface area contributed by atoms with Crippen molar-refractivity contribution in [2.24, 2.45) is 11.8 Å². The van der Waals surface area contributed by atoms with Crippen LogP contribution in [0.2, 0.25) is 0 Å². The van der Waals surface area contributed by atoms with Crippen molar-refractivity contribution < 1.29 is 9.53 Å². The second-order valence-corrected chi connectivity index (χ2v) is 6.34. The zero-order valence-electron chi connectivity index (χ0n) is 12.3. The number of ketones is 1. The zero-order valence-corrected chi connectivity index (χ0v) is 12.3. The van der Waals surface area contributed by atoms with Gasteiger partial charge >= 0.3 is 0 Å². The van der Waals surface area contributed by atoms with Crippen LogP contribution in [0.5, 0.6) is 5.75 Å². The second-order valence-electron chi connectivity index (χ2n) is 6.34. The predicted molar refractivity (Wildman–Crippen MR) is 80.2 cm³/mol. The molecule has 20 heavy (non-hydrogen) atoms. The van der Waals surface area contributed by atoms with Crippen molar-refractivity contribution in [3.8, 4) is 5.75 Å². The van der Waals surface area contributed by atoms with Crippen LogP contribution in [0.3, 0.4) is 0 Å². The maximum absolute atomic E-state index is 12.6. The molecule has 0 bridgehead atoms. The average Bonchev–Trinajstić information content (AvgIpc) is 3.31. The fourth-order valence-electron chi connectivity index (χ4n) is 3.17. The molecule has 0 spiro atoms. The first-order valence-electron chi connectivity index (χ1n) is 8.07. The molecule has 0 atom stereocenters. The minimum Gasteiger partial charge on any atom is -0.490 e. The number of carbonyl (C=O) groups excluding carboxylic acids is 1. The highest BCUT2D eigenvalue weighted by atomic mass is 16.5. The molecule has 0 radical (unpaired) electrons. The normalized spacial score (nSPS) is 26.2. The van der Waals surface area contributed by atoms with Crippen LogP contribution in [0.25, 0.3) is 0 Å². The first-order valence-corrected chi connectivity index (χ1v) is 8.07. The van der Waals surface area contributed by atoms with E-state index in [2.05, 4.69) is 6.92 Å². The summed E-state index contributed by atoms with van der Waals surface area (Å²) in [5.74, 6) is 2.25. The molecule has 1 aromatic rings. The monoisotopic (exact) mass is 272 g/mol. The minimum absolute atomic E-state index is 0.231. The quantitative estimate of drug-likeness (QED) is 0.731. The lowest BCUT2D eigenvalue weighted by Crippen LogP contribution is -2.21. The Hall–Kier alpha value is -1.31. The molecule has 0 aromatic heterocycles. The summed E-state index contributed by atoms with van der Waals surface area (Å²) in [4.78, 5) is 12.6. The van der Waals surface area contributed by atoms with Gasteiger partial charge in [0, 0.05) is 11.5 Å². The van der Waals surface area contributed by atoms with Gasteiger partial charge in [0.2, 0.25) is 0 Å². The highest BCUT2D eigenvalue weighted by molar-refractivity contribution is 5.98. The lowest BCUT2D eigenvalue weighted by molar-refractivity contribution is 0.0870. The van der Waals surface area contributed by atoms with Crippen LogP contribution >= 0.6 is 0 Å². The van der Waals surface area contributed by atoms with Gasteiger partial charge < -0.3 is 4.74 Å². The molecule has 2 saturated carbocycles. The third kappa shape index (κ3) is 3.23. The van der Waals surface area contributed by atoms with Gasteiger partial charge in [0.25, 0.3) is 0 Å². The molecule has 2 aliphatic carbocycles. The highest BCUT2D eigenvalue weighted by Crippen LogP contribution is 2.33. The van der Waals surface area contributed by atoms with Crippen LogP contribution < -0.4 is 4.74 Å². The van der Waals surface area contributed by atoms with Crippen LogP contribution in [-0.4, -0.2) is 11.9 Å². The molecule has 0 saturated heterocycles. The first-order chi connectivity index (χ1) is 9.76. The van der Waals surface area contributed by atoms with E-state index in [1.807, 2.05) is 24.3 Å². The molecule has 0 heterocycles. The van der Waals surface area contributed by atoms with Crippen LogP contribution in [0.4, 0.5) is 0 Å². The highest BCUT2D eigenvalue weighted by Gasteiger charge is 2.27. The standard InChI is InChI=1S/C18H24O2/c1-2-13-6-8-14(9-7-13)18(19)15-4-3-5-17(12-15)20-16-10-11-16/h3-5,12-14,16H,2,6-11H2,1H3. The van der Waals surface area contributed by atoms with Crippen LogP contribution in [-0.2, 0) is 0 Å². The maximum Gasteiger partial charge on any atom is 0.166 e. The lowest BCUT2D eigenvalue weighted by Gasteiger charge is -2.26. The molecular weight excluding hydrogens is 248 g/mol. The van der Waals surface area contributed by atoms with E-state index in [1.54, 1.807) is 0 Å². The number of carbonyl (C=O) groups is 1. The number of benzene rings is 1. The molecule has 1 aromatic carbocycles. The number of ether oxygens (including phenoxy) is 1. The molecule has 3 rings (SSSR count). The molecule has 2 fully saturated rings. The van der Waals surface area contributed by atoms with Crippen molar-refractivity contribution in [2.45, 2.75) is 58.0 Å². The van der Waals surface area contributed by atoms with Crippen molar-refractivity contribution in [3.05, 3.63) is 29.8 Å². The number of hydrogen-bond acceptors (Lipinski definition) is 2. The summed E-state index contributed by atoms with van der Waals surface area (Å²) in [5, 5.41) is 0. The molecule has 2 aliphatic rings. The topological polar surface area (TPSA) is 26.3 Å².